The van der Waals surface area contributed by atoms with E-state index in [2.05, 4.69) is 0 Å². The van der Waals surface area contributed by atoms with Crippen LogP contribution in [0, 0.1) is 5.92 Å². The Morgan fingerprint density at radius 2 is 1.73 bits per heavy atom. The van der Waals surface area contributed by atoms with Gasteiger partial charge < -0.3 is 9.47 Å². The summed E-state index contributed by atoms with van der Waals surface area (Å²) in [7, 11) is 1.72. The van der Waals surface area contributed by atoms with Gasteiger partial charge in [-0.25, -0.2) is 0 Å². The maximum atomic E-state index is 11.3. The fourth-order valence-corrected chi connectivity index (χ4v) is 1.18. The van der Waals surface area contributed by atoms with E-state index >= 15 is 0 Å². The minimum atomic E-state index is -0.0607. The standard InChI is InChI=1S/C12H24O3/c1-4-11(2)12(13)15-10-8-6-5-7-9-14-3/h11H,4-10H2,1-3H3. The van der Waals surface area contributed by atoms with Crippen LogP contribution in [-0.2, 0) is 14.3 Å². The van der Waals surface area contributed by atoms with Crippen molar-refractivity contribution in [3.8, 4) is 0 Å². The molecule has 0 fully saturated rings. The molecule has 3 nitrogen and oxygen atoms in total. The highest BCUT2D eigenvalue weighted by Gasteiger charge is 2.10. The monoisotopic (exact) mass is 216 g/mol. The highest BCUT2D eigenvalue weighted by atomic mass is 16.5. The van der Waals surface area contributed by atoms with Crippen LogP contribution in [0.4, 0.5) is 0 Å². The van der Waals surface area contributed by atoms with Crippen LogP contribution in [-0.4, -0.2) is 26.3 Å². The van der Waals surface area contributed by atoms with Gasteiger partial charge in [0.25, 0.3) is 0 Å². The normalized spacial score (nSPS) is 12.5. The number of methoxy groups -OCH3 is 1. The molecular weight excluding hydrogens is 192 g/mol. The first-order valence-electron chi connectivity index (χ1n) is 5.88. The van der Waals surface area contributed by atoms with Gasteiger partial charge in [-0.05, 0) is 25.7 Å². The lowest BCUT2D eigenvalue weighted by atomic mass is 10.1. The Balaban J connectivity index is 3.20. The van der Waals surface area contributed by atoms with E-state index in [0.29, 0.717) is 6.61 Å². The molecule has 15 heavy (non-hydrogen) atoms. The van der Waals surface area contributed by atoms with Crippen LogP contribution < -0.4 is 0 Å². The molecule has 0 aliphatic rings. The Labute approximate surface area is 93.1 Å². The van der Waals surface area contributed by atoms with Gasteiger partial charge >= 0.3 is 5.97 Å². The lowest BCUT2D eigenvalue weighted by Crippen LogP contribution is -2.14. The van der Waals surface area contributed by atoms with Crippen molar-refractivity contribution in [1.82, 2.24) is 0 Å². The summed E-state index contributed by atoms with van der Waals surface area (Å²) in [5.41, 5.74) is 0. The molecule has 0 amide bonds. The first kappa shape index (κ1) is 14.4. The number of esters is 1. The fraction of sp³-hybridized carbons (Fsp3) is 0.917. The molecule has 1 unspecified atom stereocenters. The SMILES string of the molecule is CCC(C)C(=O)OCCCCCCOC. The molecule has 0 aromatic rings. The Bertz CT molecular complexity index is 157. The Morgan fingerprint density at radius 3 is 2.27 bits per heavy atom. The fourth-order valence-electron chi connectivity index (χ4n) is 1.18. The molecule has 90 valence electrons. The number of hydrogen-bond donors (Lipinski definition) is 0. The zero-order valence-corrected chi connectivity index (χ0v) is 10.3. The van der Waals surface area contributed by atoms with Crippen molar-refractivity contribution in [3.05, 3.63) is 0 Å². The number of carbonyl (C=O) groups excluding carboxylic acids is 1. The Morgan fingerprint density at radius 1 is 1.13 bits per heavy atom. The third-order valence-corrected chi connectivity index (χ3v) is 2.50. The third-order valence-electron chi connectivity index (χ3n) is 2.50. The van der Waals surface area contributed by atoms with Gasteiger partial charge in [-0.3, -0.25) is 4.79 Å². The molecule has 0 aromatic heterocycles. The van der Waals surface area contributed by atoms with Gasteiger partial charge in [0, 0.05) is 13.7 Å². The van der Waals surface area contributed by atoms with E-state index in [1.54, 1.807) is 7.11 Å². The van der Waals surface area contributed by atoms with Crippen molar-refractivity contribution in [1.29, 1.82) is 0 Å². The van der Waals surface area contributed by atoms with E-state index in [1.165, 1.54) is 0 Å². The van der Waals surface area contributed by atoms with Crippen molar-refractivity contribution in [2.75, 3.05) is 20.3 Å². The minimum Gasteiger partial charge on any atom is -0.465 e. The summed E-state index contributed by atoms with van der Waals surface area (Å²) in [6.07, 6.45) is 5.17. The number of rotatable bonds is 9. The molecule has 0 aliphatic heterocycles. The molecule has 0 spiro atoms. The number of unbranched alkanes of at least 4 members (excludes halogenated alkanes) is 3. The van der Waals surface area contributed by atoms with Crippen LogP contribution in [0.25, 0.3) is 0 Å². The summed E-state index contributed by atoms with van der Waals surface area (Å²) >= 11 is 0. The molecule has 0 saturated heterocycles. The molecule has 0 heterocycles. The minimum absolute atomic E-state index is 0.0403. The van der Waals surface area contributed by atoms with Crippen molar-refractivity contribution < 1.29 is 14.3 Å². The van der Waals surface area contributed by atoms with Gasteiger partial charge in [0.2, 0.25) is 0 Å². The molecule has 0 aromatic carbocycles. The number of ether oxygens (including phenoxy) is 2. The van der Waals surface area contributed by atoms with Crippen LogP contribution in [0.3, 0.4) is 0 Å². The smallest absolute Gasteiger partial charge is 0.308 e. The molecule has 3 heteroatoms. The predicted octanol–water partition coefficient (Wildman–Crippen LogP) is 2.78. The Hall–Kier alpha value is -0.570. The Kier molecular flexibility index (Phi) is 9.59. The maximum absolute atomic E-state index is 11.3. The molecule has 0 rings (SSSR count). The molecule has 0 bridgehead atoms. The van der Waals surface area contributed by atoms with E-state index in [4.69, 9.17) is 9.47 Å². The second-order valence-electron chi connectivity index (χ2n) is 3.88. The van der Waals surface area contributed by atoms with Gasteiger partial charge in [0.1, 0.15) is 0 Å². The second kappa shape index (κ2) is 9.97. The van der Waals surface area contributed by atoms with Gasteiger partial charge in [-0.15, -0.1) is 0 Å². The molecule has 0 aliphatic carbocycles. The molecule has 0 radical (unpaired) electrons. The summed E-state index contributed by atoms with van der Waals surface area (Å²) in [6.45, 7) is 5.29. The molecular formula is C12H24O3. The molecule has 0 N–H and O–H groups in total. The van der Waals surface area contributed by atoms with E-state index < -0.39 is 0 Å². The van der Waals surface area contributed by atoms with Crippen molar-refractivity contribution in [2.24, 2.45) is 5.92 Å². The van der Waals surface area contributed by atoms with Crippen LogP contribution in [0.5, 0.6) is 0 Å². The van der Waals surface area contributed by atoms with E-state index in [9.17, 15) is 4.79 Å². The third kappa shape index (κ3) is 8.43. The average molecular weight is 216 g/mol. The summed E-state index contributed by atoms with van der Waals surface area (Å²) < 4.78 is 10.1. The second-order valence-corrected chi connectivity index (χ2v) is 3.88. The number of hydrogen-bond acceptors (Lipinski definition) is 3. The predicted molar refractivity (Wildman–Crippen MR) is 60.8 cm³/mol. The average Bonchev–Trinajstić information content (AvgIpc) is 2.26. The van der Waals surface area contributed by atoms with Crippen molar-refractivity contribution >= 4 is 5.97 Å². The zero-order chi connectivity index (χ0) is 11.5. The highest BCUT2D eigenvalue weighted by molar-refractivity contribution is 5.71. The molecule has 0 saturated carbocycles. The first-order chi connectivity index (χ1) is 7.22. The van der Waals surface area contributed by atoms with Crippen molar-refractivity contribution in [2.45, 2.75) is 46.0 Å². The van der Waals surface area contributed by atoms with Crippen molar-refractivity contribution in [3.63, 3.8) is 0 Å². The first-order valence-corrected chi connectivity index (χ1v) is 5.88. The summed E-state index contributed by atoms with van der Waals surface area (Å²) in [5.74, 6) is -0.0205. The van der Waals surface area contributed by atoms with E-state index in [1.807, 2.05) is 13.8 Å². The van der Waals surface area contributed by atoms with Crippen LogP contribution in [0.15, 0.2) is 0 Å². The summed E-state index contributed by atoms with van der Waals surface area (Å²) in [5, 5.41) is 0. The van der Waals surface area contributed by atoms with Crippen LogP contribution >= 0.6 is 0 Å². The lowest BCUT2D eigenvalue weighted by Gasteiger charge is -2.08. The van der Waals surface area contributed by atoms with Gasteiger partial charge in [-0.2, -0.15) is 0 Å². The quantitative estimate of drug-likeness (QED) is 0.439. The lowest BCUT2D eigenvalue weighted by molar-refractivity contribution is -0.148. The zero-order valence-electron chi connectivity index (χ0n) is 10.3. The van der Waals surface area contributed by atoms with E-state index in [-0.39, 0.29) is 11.9 Å². The van der Waals surface area contributed by atoms with Gasteiger partial charge in [-0.1, -0.05) is 20.3 Å². The van der Waals surface area contributed by atoms with E-state index in [0.717, 1.165) is 38.7 Å². The van der Waals surface area contributed by atoms with Gasteiger partial charge in [0.15, 0.2) is 0 Å². The maximum Gasteiger partial charge on any atom is 0.308 e. The topological polar surface area (TPSA) is 35.5 Å². The summed E-state index contributed by atoms with van der Waals surface area (Å²) in [4.78, 5) is 11.3. The van der Waals surface area contributed by atoms with Crippen LogP contribution in [0.1, 0.15) is 46.0 Å². The molecule has 1 atom stereocenters. The largest absolute Gasteiger partial charge is 0.465 e. The summed E-state index contributed by atoms with van der Waals surface area (Å²) in [6, 6.07) is 0. The number of carbonyl (C=O) groups is 1. The van der Waals surface area contributed by atoms with Crippen LogP contribution in [0.2, 0.25) is 0 Å². The highest BCUT2D eigenvalue weighted by Crippen LogP contribution is 2.05. The van der Waals surface area contributed by atoms with Gasteiger partial charge in [0.05, 0.1) is 12.5 Å².